The quantitative estimate of drug-likeness (QED) is 0.936. The number of anilines is 1. The first-order chi connectivity index (χ1) is 8.61. The molecule has 0 saturated carbocycles. The highest BCUT2D eigenvalue weighted by Gasteiger charge is 2.11. The molecule has 2 N–H and O–H groups in total. The van der Waals surface area contributed by atoms with Crippen molar-refractivity contribution in [2.45, 2.75) is 20.0 Å². The number of aromatic nitrogens is 2. The third-order valence-corrected chi connectivity index (χ3v) is 3.90. The summed E-state index contributed by atoms with van der Waals surface area (Å²) in [6, 6.07) is 1.86. The van der Waals surface area contributed by atoms with Crippen LogP contribution in [0.5, 0.6) is 0 Å². The maximum absolute atomic E-state index is 6.21. The van der Waals surface area contributed by atoms with E-state index in [1.54, 1.807) is 17.5 Å². The number of hydrogen-bond donors (Lipinski definition) is 1. The number of thiazole rings is 1. The number of hydrogen-bond acceptors (Lipinski definition) is 5. The van der Waals surface area contributed by atoms with E-state index in [-0.39, 0.29) is 0 Å². The predicted octanol–water partition coefficient (Wildman–Crippen LogP) is 2.60. The molecule has 0 spiro atoms. The van der Waals surface area contributed by atoms with Crippen LogP contribution in [0.4, 0.5) is 5.82 Å². The molecule has 0 unspecified atom stereocenters. The Labute approximate surface area is 115 Å². The summed E-state index contributed by atoms with van der Waals surface area (Å²) >= 11 is 7.85. The normalized spacial score (nSPS) is 10.7. The topological polar surface area (TPSA) is 55.0 Å². The van der Waals surface area contributed by atoms with E-state index in [2.05, 4.69) is 9.97 Å². The summed E-state index contributed by atoms with van der Waals surface area (Å²) in [5, 5.41) is 0.627. The van der Waals surface area contributed by atoms with E-state index in [9.17, 15) is 0 Å². The Balaban J connectivity index is 2.19. The van der Waals surface area contributed by atoms with Crippen molar-refractivity contribution < 1.29 is 0 Å². The summed E-state index contributed by atoms with van der Waals surface area (Å²) in [5.41, 5.74) is 9.40. The molecule has 0 aliphatic heterocycles. The van der Waals surface area contributed by atoms with E-state index >= 15 is 0 Å². The first-order valence-electron chi connectivity index (χ1n) is 5.56. The standard InChI is InChI=1S/C12H15ClN4S/c1-8-11(18-7-16-8)6-17(2)12-10(13)3-9(4-14)5-15-12/h3,5,7H,4,6,14H2,1-2H3. The number of nitrogens with zero attached hydrogens (tertiary/aromatic N) is 3. The van der Waals surface area contributed by atoms with Gasteiger partial charge in [-0.1, -0.05) is 11.6 Å². The van der Waals surface area contributed by atoms with Gasteiger partial charge in [0.05, 0.1) is 22.8 Å². The van der Waals surface area contributed by atoms with Gasteiger partial charge in [0, 0.05) is 24.7 Å². The monoisotopic (exact) mass is 282 g/mol. The van der Waals surface area contributed by atoms with Gasteiger partial charge in [0.15, 0.2) is 0 Å². The second kappa shape index (κ2) is 5.65. The first kappa shape index (κ1) is 13.3. The summed E-state index contributed by atoms with van der Waals surface area (Å²) in [4.78, 5) is 11.8. The van der Waals surface area contributed by atoms with Crippen molar-refractivity contribution in [3.05, 3.63) is 38.9 Å². The van der Waals surface area contributed by atoms with Gasteiger partial charge in [-0.15, -0.1) is 11.3 Å². The van der Waals surface area contributed by atoms with Gasteiger partial charge in [-0.3, -0.25) is 0 Å². The highest BCUT2D eigenvalue weighted by atomic mass is 35.5. The van der Waals surface area contributed by atoms with Crippen molar-refractivity contribution in [2.75, 3.05) is 11.9 Å². The second-order valence-electron chi connectivity index (χ2n) is 4.07. The molecule has 6 heteroatoms. The molecule has 2 rings (SSSR count). The van der Waals surface area contributed by atoms with Crippen LogP contribution in [-0.2, 0) is 13.1 Å². The Kier molecular flexibility index (Phi) is 4.16. The number of pyridine rings is 1. The third-order valence-electron chi connectivity index (χ3n) is 2.70. The maximum Gasteiger partial charge on any atom is 0.147 e. The van der Waals surface area contributed by atoms with Crippen LogP contribution in [0.2, 0.25) is 5.02 Å². The number of halogens is 1. The molecule has 0 saturated heterocycles. The Morgan fingerprint density at radius 2 is 2.22 bits per heavy atom. The SMILES string of the molecule is Cc1ncsc1CN(C)c1ncc(CN)cc1Cl. The summed E-state index contributed by atoms with van der Waals surface area (Å²) in [6.07, 6.45) is 1.76. The van der Waals surface area contributed by atoms with Crippen molar-refractivity contribution in [1.82, 2.24) is 9.97 Å². The van der Waals surface area contributed by atoms with E-state index in [0.717, 1.165) is 23.6 Å². The minimum absolute atomic E-state index is 0.449. The van der Waals surface area contributed by atoms with Crippen LogP contribution in [0.15, 0.2) is 17.8 Å². The number of rotatable bonds is 4. The fourth-order valence-electron chi connectivity index (χ4n) is 1.63. The van der Waals surface area contributed by atoms with Gasteiger partial charge in [0.25, 0.3) is 0 Å². The van der Waals surface area contributed by atoms with E-state index in [4.69, 9.17) is 17.3 Å². The Bertz CT molecular complexity index is 541. The average Bonchev–Trinajstić information content (AvgIpc) is 2.74. The van der Waals surface area contributed by atoms with Gasteiger partial charge in [0.1, 0.15) is 5.82 Å². The molecule has 0 aromatic carbocycles. The van der Waals surface area contributed by atoms with Crippen LogP contribution in [0.3, 0.4) is 0 Å². The zero-order valence-electron chi connectivity index (χ0n) is 10.4. The van der Waals surface area contributed by atoms with Gasteiger partial charge >= 0.3 is 0 Å². The zero-order chi connectivity index (χ0) is 13.1. The van der Waals surface area contributed by atoms with Gasteiger partial charge in [-0.05, 0) is 18.6 Å². The van der Waals surface area contributed by atoms with Crippen molar-refractivity contribution in [3.63, 3.8) is 0 Å². The molecular weight excluding hydrogens is 268 g/mol. The highest BCUT2D eigenvalue weighted by Crippen LogP contribution is 2.25. The molecule has 4 nitrogen and oxygen atoms in total. The number of aryl methyl sites for hydroxylation is 1. The van der Waals surface area contributed by atoms with Gasteiger partial charge in [-0.25, -0.2) is 9.97 Å². The lowest BCUT2D eigenvalue weighted by molar-refractivity contribution is 0.896. The minimum atomic E-state index is 0.449. The lowest BCUT2D eigenvalue weighted by atomic mass is 10.3. The summed E-state index contributed by atoms with van der Waals surface area (Å²) in [7, 11) is 1.97. The van der Waals surface area contributed by atoms with Crippen LogP contribution < -0.4 is 10.6 Å². The van der Waals surface area contributed by atoms with Gasteiger partial charge in [-0.2, -0.15) is 0 Å². The molecule has 0 fully saturated rings. The van der Waals surface area contributed by atoms with Crippen molar-refractivity contribution in [1.29, 1.82) is 0 Å². The summed E-state index contributed by atoms with van der Waals surface area (Å²) < 4.78 is 0. The molecule has 0 bridgehead atoms. The molecule has 0 atom stereocenters. The fraction of sp³-hybridized carbons (Fsp3) is 0.333. The van der Waals surface area contributed by atoms with Crippen molar-refractivity contribution in [3.8, 4) is 0 Å². The molecule has 2 heterocycles. The molecule has 0 aliphatic carbocycles. The third kappa shape index (κ3) is 2.80. The van der Waals surface area contributed by atoms with Crippen LogP contribution in [0.25, 0.3) is 0 Å². The van der Waals surface area contributed by atoms with Crippen molar-refractivity contribution >= 4 is 28.8 Å². The molecule has 0 amide bonds. The lowest BCUT2D eigenvalue weighted by Gasteiger charge is -2.19. The molecule has 2 aromatic heterocycles. The van der Waals surface area contributed by atoms with Crippen LogP contribution in [0, 0.1) is 6.92 Å². The van der Waals surface area contributed by atoms with Crippen LogP contribution in [-0.4, -0.2) is 17.0 Å². The van der Waals surface area contributed by atoms with Crippen molar-refractivity contribution in [2.24, 2.45) is 5.73 Å². The van der Waals surface area contributed by atoms with E-state index in [0.29, 0.717) is 11.6 Å². The molecular formula is C12H15ClN4S. The van der Waals surface area contributed by atoms with Crippen LogP contribution in [0.1, 0.15) is 16.1 Å². The average molecular weight is 283 g/mol. The molecule has 0 aliphatic rings. The molecule has 18 heavy (non-hydrogen) atoms. The highest BCUT2D eigenvalue weighted by molar-refractivity contribution is 7.09. The maximum atomic E-state index is 6.21. The molecule has 96 valence electrons. The second-order valence-corrected chi connectivity index (χ2v) is 5.42. The fourth-order valence-corrected chi connectivity index (χ4v) is 2.79. The van der Waals surface area contributed by atoms with E-state index < -0.39 is 0 Å². The summed E-state index contributed by atoms with van der Waals surface area (Å²) in [5.74, 6) is 0.765. The van der Waals surface area contributed by atoms with E-state index in [1.165, 1.54) is 4.88 Å². The summed E-state index contributed by atoms with van der Waals surface area (Å²) in [6.45, 7) is 3.21. The van der Waals surface area contributed by atoms with Gasteiger partial charge < -0.3 is 10.6 Å². The van der Waals surface area contributed by atoms with Crippen LogP contribution >= 0.6 is 22.9 Å². The number of nitrogens with two attached hydrogens (primary N) is 1. The zero-order valence-corrected chi connectivity index (χ0v) is 11.9. The van der Waals surface area contributed by atoms with E-state index in [1.807, 2.05) is 30.4 Å². The Morgan fingerprint density at radius 3 is 2.78 bits per heavy atom. The minimum Gasteiger partial charge on any atom is -0.353 e. The molecule has 0 radical (unpaired) electrons. The molecule has 2 aromatic rings. The first-order valence-corrected chi connectivity index (χ1v) is 6.82. The lowest BCUT2D eigenvalue weighted by Crippen LogP contribution is -2.18. The largest absolute Gasteiger partial charge is 0.353 e. The van der Waals surface area contributed by atoms with Gasteiger partial charge in [0.2, 0.25) is 0 Å². The smallest absolute Gasteiger partial charge is 0.147 e. The Morgan fingerprint density at radius 1 is 1.44 bits per heavy atom. The predicted molar refractivity (Wildman–Crippen MR) is 76.1 cm³/mol. The Hall–Kier alpha value is -1.17.